The molecule has 1 saturated heterocycles. The molecule has 3 aliphatic rings. The summed E-state index contributed by atoms with van der Waals surface area (Å²) in [6, 6.07) is 5.87. The van der Waals surface area contributed by atoms with Gasteiger partial charge in [-0.25, -0.2) is 0 Å². The number of hydrogen-bond donors (Lipinski definition) is 0. The smallest absolute Gasteiger partial charge is 0.229 e. The van der Waals surface area contributed by atoms with Gasteiger partial charge >= 0.3 is 0 Å². The Labute approximate surface area is 137 Å². The van der Waals surface area contributed by atoms with E-state index in [1.54, 1.807) is 6.20 Å². The number of pyridine rings is 1. The fourth-order valence-electron chi connectivity index (χ4n) is 3.71. The fraction of sp³-hybridized carbons (Fsp3) is 0.667. The zero-order valence-electron chi connectivity index (χ0n) is 13.4. The molecule has 0 spiro atoms. The van der Waals surface area contributed by atoms with Crippen LogP contribution in [0.3, 0.4) is 0 Å². The molecular weight excluding hydrogens is 292 g/mol. The maximum Gasteiger partial charge on any atom is 0.229 e. The van der Waals surface area contributed by atoms with Crippen molar-refractivity contribution in [3.05, 3.63) is 30.1 Å². The Morgan fingerprint density at radius 1 is 1.30 bits per heavy atom. The first kappa shape index (κ1) is 15.1. The van der Waals surface area contributed by atoms with Gasteiger partial charge in [-0.15, -0.1) is 0 Å². The van der Waals surface area contributed by atoms with Crippen LogP contribution in [0, 0.1) is 5.92 Å². The summed E-state index contributed by atoms with van der Waals surface area (Å²) in [5.41, 5.74) is 0.827. The minimum Gasteiger partial charge on any atom is -0.374 e. The molecule has 1 aromatic heterocycles. The van der Waals surface area contributed by atoms with E-state index in [0.717, 1.165) is 31.1 Å². The monoisotopic (exact) mass is 316 g/mol. The molecule has 5 nitrogen and oxygen atoms in total. The molecule has 124 valence electrons. The predicted molar refractivity (Wildman–Crippen MR) is 84.9 cm³/mol. The van der Waals surface area contributed by atoms with Gasteiger partial charge in [-0.3, -0.25) is 9.78 Å². The van der Waals surface area contributed by atoms with Crippen LogP contribution < -0.4 is 0 Å². The van der Waals surface area contributed by atoms with Crippen LogP contribution in [0.1, 0.15) is 31.4 Å². The van der Waals surface area contributed by atoms with Crippen molar-refractivity contribution >= 4 is 5.91 Å². The molecule has 2 saturated carbocycles. The Morgan fingerprint density at radius 2 is 2.22 bits per heavy atom. The van der Waals surface area contributed by atoms with Crippen LogP contribution in [-0.2, 0) is 20.7 Å². The number of amides is 1. The lowest BCUT2D eigenvalue weighted by molar-refractivity contribution is -0.135. The first-order valence-electron chi connectivity index (χ1n) is 8.74. The van der Waals surface area contributed by atoms with Gasteiger partial charge in [-0.05, 0) is 43.7 Å². The van der Waals surface area contributed by atoms with Crippen LogP contribution in [0.15, 0.2) is 24.4 Å². The van der Waals surface area contributed by atoms with Crippen molar-refractivity contribution in [1.29, 1.82) is 0 Å². The highest BCUT2D eigenvalue weighted by Crippen LogP contribution is 2.35. The zero-order valence-corrected chi connectivity index (χ0v) is 13.4. The molecule has 1 amide bonds. The van der Waals surface area contributed by atoms with Crippen molar-refractivity contribution in [3.8, 4) is 0 Å². The molecule has 1 aliphatic heterocycles. The molecule has 3 atom stereocenters. The van der Waals surface area contributed by atoms with Crippen LogP contribution >= 0.6 is 0 Å². The van der Waals surface area contributed by atoms with Gasteiger partial charge in [0.1, 0.15) is 6.10 Å². The van der Waals surface area contributed by atoms with Gasteiger partial charge in [0.15, 0.2) is 0 Å². The van der Waals surface area contributed by atoms with Crippen LogP contribution in [0.4, 0.5) is 0 Å². The largest absolute Gasteiger partial charge is 0.374 e. The number of carbonyl (C=O) groups is 1. The van der Waals surface area contributed by atoms with Crippen molar-refractivity contribution in [2.75, 3.05) is 19.8 Å². The summed E-state index contributed by atoms with van der Waals surface area (Å²) in [5, 5.41) is 0. The Kier molecular flexibility index (Phi) is 4.31. The standard InChI is InChI=1S/C18H24N2O3/c21-17(11-14-3-1-2-8-19-14)20-9-10-22-16-7-6-15(20)18(16)23-12-13-4-5-13/h1-3,8,13,15-16,18H,4-7,9-12H2/t15-,16-,18+/m0/s1. The first-order chi connectivity index (χ1) is 11.3. The van der Waals surface area contributed by atoms with Crippen molar-refractivity contribution in [3.63, 3.8) is 0 Å². The van der Waals surface area contributed by atoms with Gasteiger partial charge < -0.3 is 14.4 Å². The average molecular weight is 316 g/mol. The third-order valence-electron chi connectivity index (χ3n) is 5.16. The summed E-state index contributed by atoms with van der Waals surface area (Å²) in [7, 11) is 0. The summed E-state index contributed by atoms with van der Waals surface area (Å²) in [5.74, 6) is 0.871. The number of hydrogen-bond acceptors (Lipinski definition) is 4. The van der Waals surface area contributed by atoms with Gasteiger partial charge in [-0.1, -0.05) is 6.07 Å². The van der Waals surface area contributed by atoms with E-state index < -0.39 is 0 Å². The Balaban J connectivity index is 1.44. The highest BCUT2D eigenvalue weighted by molar-refractivity contribution is 5.78. The molecular formula is C18H24N2O3. The molecule has 0 aromatic carbocycles. The molecule has 3 fully saturated rings. The lowest BCUT2D eigenvalue weighted by Gasteiger charge is -2.31. The molecule has 2 heterocycles. The van der Waals surface area contributed by atoms with E-state index in [0.29, 0.717) is 19.6 Å². The lowest BCUT2D eigenvalue weighted by Crippen LogP contribution is -2.47. The molecule has 0 unspecified atom stereocenters. The highest BCUT2D eigenvalue weighted by atomic mass is 16.5. The van der Waals surface area contributed by atoms with E-state index in [1.807, 2.05) is 23.1 Å². The van der Waals surface area contributed by atoms with Crippen molar-refractivity contribution in [1.82, 2.24) is 9.88 Å². The maximum absolute atomic E-state index is 12.8. The van der Waals surface area contributed by atoms with E-state index in [-0.39, 0.29) is 24.2 Å². The number of nitrogens with zero attached hydrogens (tertiary/aromatic N) is 2. The summed E-state index contributed by atoms with van der Waals surface area (Å²) < 4.78 is 12.1. The summed E-state index contributed by atoms with van der Waals surface area (Å²) in [6.45, 7) is 2.10. The normalized spacial score (nSPS) is 30.3. The lowest BCUT2D eigenvalue weighted by atomic mass is 10.1. The first-order valence-corrected chi connectivity index (χ1v) is 8.74. The molecule has 2 bridgehead atoms. The van der Waals surface area contributed by atoms with Crippen molar-refractivity contribution in [2.45, 2.75) is 50.4 Å². The van der Waals surface area contributed by atoms with Gasteiger partial charge in [0.2, 0.25) is 5.91 Å². The highest BCUT2D eigenvalue weighted by Gasteiger charge is 2.45. The topological polar surface area (TPSA) is 51.7 Å². The second kappa shape index (κ2) is 6.57. The molecule has 0 N–H and O–H groups in total. The van der Waals surface area contributed by atoms with E-state index in [9.17, 15) is 4.79 Å². The molecule has 4 rings (SSSR count). The summed E-state index contributed by atoms with van der Waals surface area (Å²) in [6.07, 6.45) is 6.84. The fourth-order valence-corrected chi connectivity index (χ4v) is 3.71. The SMILES string of the molecule is O=C(Cc1ccccn1)N1CCO[C@H]2CC[C@H]1[C@H]2OCC1CC1. The molecule has 23 heavy (non-hydrogen) atoms. The molecule has 2 aliphatic carbocycles. The minimum absolute atomic E-state index is 0.0470. The van der Waals surface area contributed by atoms with E-state index in [1.165, 1.54) is 12.8 Å². The van der Waals surface area contributed by atoms with Crippen LogP contribution in [0.25, 0.3) is 0 Å². The maximum atomic E-state index is 12.8. The number of ether oxygens (including phenoxy) is 2. The van der Waals surface area contributed by atoms with E-state index in [4.69, 9.17) is 9.47 Å². The van der Waals surface area contributed by atoms with E-state index >= 15 is 0 Å². The predicted octanol–water partition coefficient (Wildman–Crippen LogP) is 1.81. The second-order valence-electron chi connectivity index (χ2n) is 6.88. The third kappa shape index (κ3) is 3.40. The van der Waals surface area contributed by atoms with Gasteiger partial charge in [-0.2, -0.15) is 0 Å². The van der Waals surface area contributed by atoms with Crippen molar-refractivity contribution in [2.24, 2.45) is 5.92 Å². The van der Waals surface area contributed by atoms with Crippen molar-refractivity contribution < 1.29 is 14.3 Å². The molecule has 1 aromatic rings. The summed E-state index contributed by atoms with van der Waals surface area (Å²) in [4.78, 5) is 19.0. The number of rotatable bonds is 5. The number of aromatic nitrogens is 1. The number of fused-ring (bicyclic) bond motifs is 2. The summed E-state index contributed by atoms with van der Waals surface area (Å²) >= 11 is 0. The quantitative estimate of drug-likeness (QED) is 0.831. The third-order valence-corrected chi connectivity index (χ3v) is 5.16. The zero-order chi connectivity index (χ0) is 15.6. The van der Waals surface area contributed by atoms with Crippen LogP contribution in [0.5, 0.6) is 0 Å². The van der Waals surface area contributed by atoms with Crippen LogP contribution in [-0.4, -0.2) is 53.8 Å². The van der Waals surface area contributed by atoms with E-state index in [2.05, 4.69) is 4.98 Å². The van der Waals surface area contributed by atoms with Gasteiger partial charge in [0.25, 0.3) is 0 Å². The minimum atomic E-state index is 0.0470. The van der Waals surface area contributed by atoms with Gasteiger partial charge in [0, 0.05) is 25.0 Å². The number of carbonyl (C=O) groups excluding carboxylic acids is 1. The average Bonchev–Trinajstić information content (AvgIpc) is 3.31. The van der Waals surface area contributed by atoms with Crippen LogP contribution in [0.2, 0.25) is 0 Å². The Morgan fingerprint density at radius 3 is 3.00 bits per heavy atom. The molecule has 0 radical (unpaired) electrons. The Bertz CT molecular complexity index is 546. The second-order valence-corrected chi connectivity index (χ2v) is 6.88. The van der Waals surface area contributed by atoms with Gasteiger partial charge in [0.05, 0.1) is 25.2 Å². The molecule has 5 heteroatoms. The Hall–Kier alpha value is -1.46.